The largest absolute Gasteiger partial charge is 0.435 e. The maximum atomic E-state index is 6.61. The van der Waals surface area contributed by atoms with Gasteiger partial charge in [-0.1, -0.05) is 146 Å². The summed E-state index contributed by atoms with van der Waals surface area (Å²) in [6.45, 7) is 0. The molecule has 0 unspecified atom stereocenters. The molecular formula is C53H32N2O. The Bertz CT molecular complexity index is 3460. The zero-order valence-electron chi connectivity index (χ0n) is 30.3. The minimum Gasteiger partial charge on any atom is -0.435 e. The molecule has 0 aliphatic rings. The van der Waals surface area contributed by atoms with Gasteiger partial charge in [-0.15, -0.1) is 0 Å². The molecule has 0 saturated carbocycles. The van der Waals surface area contributed by atoms with Crippen molar-refractivity contribution in [2.24, 2.45) is 0 Å². The lowest BCUT2D eigenvalue weighted by molar-refractivity contribution is 0.623. The first-order chi connectivity index (χ1) is 27.8. The fraction of sp³-hybridized carbons (Fsp3) is 0. The Labute approximate surface area is 322 Å². The number of hydrogen-bond donors (Lipinski definition) is 0. The molecule has 0 N–H and O–H groups in total. The van der Waals surface area contributed by atoms with Crippen molar-refractivity contribution in [3.05, 3.63) is 194 Å². The molecule has 0 atom stereocenters. The minimum absolute atomic E-state index is 0.635. The summed E-state index contributed by atoms with van der Waals surface area (Å²) in [5.74, 6) is 0.635. The van der Waals surface area contributed by atoms with Crippen LogP contribution in [0.2, 0.25) is 0 Å². The van der Waals surface area contributed by atoms with E-state index >= 15 is 0 Å². The molecule has 0 fully saturated rings. The Kier molecular flexibility index (Phi) is 6.63. The van der Waals surface area contributed by atoms with Crippen LogP contribution in [0.25, 0.3) is 115 Å². The topological polar surface area (TPSA) is 31.0 Å². The van der Waals surface area contributed by atoms with Crippen LogP contribution in [0.5, 0.6) is 0 Å². The normalized spacial score (nSPS) is 11.9. The van der Waals surface area contributed by atoms with E-state index in [1.807, 2.05) is 30.3 Å². The van der Waals surface area contributed by atoms with Crippen molar-refractivity contribution in [3.63, 3.8) is 0 Å². The third-order valence-corrected chi connectivity index (χ3v) is 11.6. The van der Waals surface area contributed by atoms with Gasteiger partial charge in [0.05, 0.1) is 11.0 Å². The second kappa shape index (κ2) is 12.0. The van der Waals surface area contributed by atoms with E-state index in [-0.39, 0.29) is 0 Å². The Morgan fingerprint density at radius 2 is 0.982 bits per heavy atom. The summed E-state index contributed by atoms with van der Waals surface area (Å²) in [5.41, 5.74) is 11.1. The van der Waals surface area contributed by atoms with E-state index in [1.54, 1.807) is 0 Å². The lowest BCUT2D eigenvalue weighted by atomic mass is 9.84. The third kappa shape index (κ3) is 4.49. The number of fused-ring (bicyclic) bond motifs is 10. The van der Waals surface area contributed by atoms with Gasteiger partial charge in [0.15, 0.2) is 5.58 Å². The van der Waals surface area contributed by atoms with Crippen molar-refractivity contribution in [2.45, 2.75) is 0 Å². The number of hydrogen-bond acceptors (Lipinski definition) is 2. The highest BCUT2D eigenvalue weighted by Crippen LogP contribution is 2.48. The number of nitrogens with zero attached hydrogens (tertiary/aromatic N) is 2. The monoisotopic (exact) mass is 712 g/mol. The Morgan fingerprint density at radius 3 is 1.73 bits per heavy atom. The average Bonchev–Trinajstić information content (AvgIpc) is 3.86. The van der Waals surface area contributed by atoms with Crippen LogP contribution in [0.3, 0.4) is 0 Å². The van der Waals surface area contributed by atoms with E-state index in [2.05, 4.69) is 168 Å². The van der Waals surface area contributed by atoms with Crippen LogP contribution in [0.15, 0.2) is 199 Å². The molecule has 0 aliphatic carbocycles. The SMILES string of the molecule is c1ccc(-c2nc3ccc4ccc5ccc(-c6c7ccccc7c(-c7cccc8c7c7ccccc7n8-c7ccccc7)c7ccccc67)cc5c4c3o2)cc1. The van der Waals surface area contributed by atoms with Crippen molar-refractivity contribution >= 4 is 76.0 Å². The van der Waals surface area contributed by atoms with Gasteiger partial charge in [0.2, 0.25) is 5.89 Å². The van der Waals surface area contributed by atoms with Crippen LogP contribution >= 0.6 is 0 Å². The van der Waals surface area contributed by atoms with E-state index in [0.29, 0.717) is 5.89 Å². The fourth-order valence-electron chi connectivity index (χ4n) is 9.19. The predicted octanol–water partition coefficient (Wildman–Crippen LogP) is 14.5. The molecule has 0 radical (unpaired) electrons. The molecule has 0 aliphatic heterocycles. The molecule has 0 spiro atoms. The molecule has 0 saturated heterocycles. The highest BCUT2D eigenvalue weighted by molar-refractivity contribution is 6.27. The third-order valence-electron chi connectivity index (χ3n) is 11.6. The smallest absolute Gasteiger partial charge is 0.227 e. The summed E-state index contributed by atoms with van der Waals surface area (Å²) in [6.07, 6.45) is 0. The number of rotatable bonds is 4. The van der Waals surface area contributed by atoms with Crippen molar-refractivity contribution in [2.75, 3.05) is 0 Å². The molecule has 2 heterocycles. The van der Waals surface area contributed by atoms with Crippen LogP contribution in [0, 0.1) is 0 Å². The number of para-hydroxylation sites is 2. The number of oxazole rings is 1. The molecule has 56 heavy (non-hydrogen) atoms. The lowest BCUT2D eigenvalue weighted by Gasteiger charge is -2.19. The predicted molar refractivity (Wildman–Crippen MR) is 235 cm³/mol. The quantitative estimate of drug-likeness (QED) is 0.134. The van der Waals surface area contributed by atoms with Crippen LogP contribution in [-0.2, 0) is 0 Å². The van der Waals surface area contributed by atoms with Gasteiger partial charge in [0.25, 0.3) is 0 Å². The van der Waals surface area contributed by atoms with Crippen molar-refractivity contribution in [3.8, 4) is 39.4 Å². The Morgan fingerprint density at radius 1 is 0.393 bits per heavy atom. The first kappa shape index (κ1) is 30.9. The average molecular weight is 713 g/mol. The van der Waals surface area contributed by atoms with E-state index in [4.69, 9.17) is 9.40 Å². The van der Waals surface area contributed by atoms with Crippen LogP contribution in [0.1, 0.15) is 0 Å². The van der Waals surface area contributed by atoms with Gasteiger partial charge in [-0.05, 0) is 108 Å². The molecule has 3 nitrogen and oxygen atoms in total. The van der Waals surface area contributed by atoms with Gasteiger partial charge in [0, 0.05) is 27.4 Å². The van der Waals surface area contributed by atoms with Crippen LogP contribution in [0.4, 0.5) is 0 Å². The van der Waals surface area contributed by atoms with Gasteiger partial charge >= 0.3 is 0 Å². The minimum atomic E-state index is 0.635. The molecular weight excluding hydrogens is 681 g/mol. The summed E-state index contributed by atoms with van der Waals surface area (Å²) >= 11 is 0. The molecule has 3 heteroatoms. The molecule has 12 rings (SSSR count). The summed E-state index contributed by atoms with van der Waals surface area (Å²) in [4.78, 5) is 4.93. The molecule has 0 amide bonds. The van der Waals surface area contributed by atoms with Gasteiger partial charge in [-0.25, -0.2) is 4.98 Å². The Balaban J connectivity index is 1.15. The van der Waals surface area contributed by atoms with E-state index < -0.39 is 0 Å². The number of benzene rings is 10. The van der Waals surface area contributed by atoms with Crippen LogP contribution in [-0.4, -0.2) is 9.55 Å². The Hall–Kier alpha value is -7.49. The summed E-state index contributed by atoms with van der Waals surface area (Å²) < 4.78 is 9.01. The summed E-state index contributed by atoms with van der Waals surface area (Å²) in [5, 5.41) is 11.9. The van der Waals surface area contributed by atoms with E-state index in [0.717, 1.165) is 43.9 Å². The zero-order valence-corrected chi connectivity index (χ0v) is 30.3. The molecule has 10 aromatic carbocycles. The highest BCUT2D eigenvalue weighted by Gasteiger charge is 2.22. The van der Waals surface area contributed by atoms with Crippen molar-refractivity contribution in [1.29, 1.82) is 0 Å². The molecule has 12 aromatic rings. The second-order valence-electron chi connectivity index (χ2n) is 14.6. The van der Waals surface area contributed by atoms with E-state index in [9.17, 15) is 0 Å². The fourth-order valence-corrected chi connectivity index (χ4v) is 9.19. The zero-order chi connectivity index (χ0) is 36.7. The molecule has 2 aromatic heterocycles. The van der Waals surface area contributed by atoms with Crippen molar-refractivity contribution in [1.82, 2.24) is 9.55 Å². The molecule has 0 bridgehead atoms. The second-order valence-corrected chi connectivity index (χ2v) is 14.6. The maximum absolute atomic E-state index is 6.61. The van der Waals surface area contributed by atoms with Crippen LogP contribution < -0.4 is 0 Å². The lowest BCUT2D eigenvalue weighted by Crippen LogP contribution is -1.94. The number of aromatic nitrogens is 2. The standard InChI is InChI=1S/C53H32N2O/c1-3-14-35(15-4-1)53-54-45-31-30-34-28-26-33-27-29-36(32-44(33)49(34)52(45)56-53)48-38-18-7-9-20-40(38)50(41-21-10-8-19-39(41)48)43-23-13-25-47-51(43)42-22-11-12-24-46(42)55(47)37-16-5-2-6-17-37/h1-32H. The summed E-state index contributed by atoms with van der Waals surface area (Å²) in [7, 11) is 0. The summed E-state index contributed by atoms with van der Waals surface area (Å²) in [6, 6.07) is 69.9. The van der Waals surface area contributed by atoms with Gasteiger partial charge in [-0.3, -0.25) is 0 Å². The van der Waals surface area contributed by atoms with Crippen molar-refractivity contribution < 1.29 is 4.42 Å². The first-order valence-corrected chi connectivity index (χ1v) is 19.1. The maximum Gasteiger partial charge on any atom is 0.227 e. The highest BCUT2D eigenvalue weighted by atomic mass is 16.3. The van der Waals surface area contributed by atoms with E-state index in [1.165, 1.54) is 65.6 Å². The molecule has 260 valence electrons. The van der Waals surface area contributed by atoms with Gasteiger partial charge in [-0.2, -0.15) is 0 Å². The van der Waals surface area contributed by atoms with Gasteiger partial charge in [0.1, 0.15) is 5.52 Å². The first-order valence-electron chi connectivity index (χ1n) is 19.1. The van der Waals surface area contributed by atoms with Gasteiger partial charge < -0.3 is 8.98 Å².